The SMILES string of the molecule is CC=CCC1CCC(c2ccc(OC)c(CCCCC)c2)CC1. The van der Waals surface area contributed by atoms with E-state index in [9.17, 15) is 0 Å². The molecule has 0 bridgehead atoms. The molecule has 1 heteroatoms. The molecule has 0 amide bonds. The van der Waals surface area contributed by atoms with E-state index in [-0.39, 0.29) is 0 Å². The van der Waals surface area contributed by atoms with E-state index in [1.54, 1.807) is 12.7 Å². The van der Waals surface area contributed by atoms with Crippen LogP contribution in [0.2, 0.25) is 0 Å². The highest BCUT2D eigenvalue weighted by molar-refractivity contribution is 5.39. The van der Waals surface area contributed by atoms with Crippen LogP contribution >= 0.6 is 0 Å². The first-order valence-electron chi connectivity index (χ1n) is 9.56. The average Bonchev–Trinajstić information content (AvgIpc) is 2.60. The maximum atomic E-state index is 5.57. The highest BCUT2D eigenvalue weighted by Crippen LogP contribution is 2.38. The normalized spacial score (nSPS) is 21.7. The molecule has 0 atom stereocenters. The average molecular weight is 315 g/mol. The molecule has 0 spiro atoms. The molecule has 0 N–H and O–H groups in total. The summed E-state index contributed by atoms with van der Waals surface area (Å²) in [6, 6.07) is 6.94. The van der Waals surface area contributed by atoms with Crippen LogP contribution in [0.15, 0.2) is 30.4 Å². The Morgan fingerprint density at radius 2 is 1.91 bits per heavy atom. The third-order valence-corrected chi connectivity index (χ3v) is 5.38. The molecule has 1 aliphatic carbocycles. The van der Waals surface area contributed by atoms with Crippen molar-refractivity contribution in [3.63, 3.8) is 0 Å². The van der Waals surface area contributed by atoms with Gasteiger partial charge >= 0.3 is 0 Å². The maximum absolute atomic E-state index is 5.57. The lowest BCUT2D eigenvalue weighted by atomic mass is 9.77. The second-order valence-electron chi connectivity index (χ2n) is 7.05. The standard InChI is InChI=1S/C22H34O/c1-4-6-8-10-21-17-20(15-16-22(21)23-3)19-13-11-18(12-14-19)9-7-5-2/h5,7,15-19H,4,6,8-14H2,1-3H3. The number of benzene rings is 1. The summed E-state index contributed by atoms with van der Waals surface area (Å²) in [6.45, 7) is 4.39. The van der Waals surface area contributed by atoms with Gasteiger partial charge in [0.1, 0.15) is 5.75 Å². The van der Waals surface area contributed by atoms with Gasteiger partial charge in [0, 0.05) is 0 Å². The van der Waals surface area contributed by atoms with E-state index in [0.29, 0.717) is 0 Å². The lowest BCUT2D eigenvalue weighted by Gasteiger charge is -2.28. The Labute approximate surface area is 143 Å². The lowest BCUT2D eigenvalue weighted by molar-refractivity contribution is 0.328. The van der Waals surface area contributed by atoms with E-state index >= 15 is 0 Å². The number of aryl methyl sites for hydroxylation is 1. The molecule has 1 nitrogen and oxygen atoms in total. The van der Waals surface area contributed by atoms with E-state index < -0.39 is 0 Å². The lowest BCUT2D eigenvalue weighted by Crippen LogP contribution is -2.13. The smallest absolute Gasteiger partial charge is 0.122 e. The van der Waals surface area contributed by atoms with Gasteiger partial charge in [-0.2, -0.15) is 0 Å². The van der Waals surface area contributed by atoms with Crippen LogP contribution in [0.4, 0.5) is 0 Å². The quantitative estimate of drug-likeness (QED) is 0.384. The zero-order valence-electron chi connectivity index (χ0n) is 15.3. The predicted molar refractivity (Wildman–Crippen MR) is 100 cm³/mol. The molecule has 1 aromatic rings. The van der Waals surface area contributed by atoms with Crippen LogP contribution in [0.3, 0.4) is 0 Å². The molecule has 1 saturated carbocycles. The van der Waals surface area contributed by atoms with E-state index in [2.05, 4.69) is 44.2 Å². The van der Waals surface area contributed by atoms with E-state index in [1.807, 2.05) is 0 Å². The van der Waals surface area contributed by atoms with Crippen molar-refractivity contribution in [3.8, 4) is 5.75 Å². The first-order valence-corrected chi connectivity index (χ1v) is 9.56. The summed E-state index contributed by atoms with van der Waals surface area (Å²) >= 11 is 0. The fourth-order valence-electron chi connectivity index (χ4n) is 3.87. The number of rotatable bonds is 8. The number of unbranched alkanes of at least 4 members (excludes halogenated alkanes) is 2. The van der Waals surface area contributed by atoms with E-state index in [0.717, 1.165) is 24.0 Å². The zero-order valence-corrected chi connectivity index (χ0v) is 15.3. The monoisotopic (exact) mass is 314 g/mol. The summed E-state index contributed by atoms with van der Waals surface area (Å²) in [7, 11) is 1.80. The van der Waals surface area contributed by atoms with Gasteiger partial charge in [-0.05, 0) is 80.9 Å². The number of hydrogen-bond donors (Lipinski definition) is 0. The van der Waals surface area contributed by atoms with Crippen molar-refractivity contribution in [1.82, 2.24) is 0 Å². The van der Waals surface area contributed by atoms with Gasteiger partial charge < -0.3 is 4.74 Å². The van der Waals surface area contributed by atoms with Gasteiger partial charge in [0.05, 0.1) is 7.11 Å². The Bertz CT molecular complexity index is 481. The Hall–Kier alpha value is -1.24. The minimum absolute atomic E-state index is 0.757. The molecular weight excluding hydrogens is 280 g/mol. The van der Waals surface area contributed by atoms with Crippen LogP contribution in [-0.4, -0.2) is 7.11 Å². The molecule has 0 aromatic heterocycles. The summed E-state index contributed by atoms with van der Waals surface area (Å²) in [5, 5.41) is 0. The first kappa shape index (κ1) is 18.1. The largest absolute Gasteiger partial charge is 0.496 e. The van der Waals surface area contributed by atoms with Crippen LogP contribution < -0.4 is 4.74 Å². The van der Waals surface area contributed by atoms with E-state index in [4.69, 9.17) is 4.74 Å². The number of methoxy groups -OCH3 is 1. The van der Waals surface area contributed by atoms with Crippen molar-refractivity contribution in [3.05, 3.63) is 41.5 Å². The van der Waals surface area contributed by atoms with Gasteiger partial charge in [0.15, 0.2) is 0 Å². The summed E-state index contributed by atoms with van der Waals surface area (Å²) in [5.41, 5.74) is 2.95. The Morgan fingerprint density at radius 3 is 2.57 bits per heavy atom. The van der Waals surface area contributed by atoms with Crippen molar-refractivity contribution >= 4 is 0 Å². The highest BCUT2D eigenvalue weighted by atomic mass is 16.5. The minimum Gasteiger partial charge on any atom is -0.496 e. The number of hydrogen-bond acceptors (Lipinski definition) is 1. The molecule has 0 saturated heterocycles. The Balaban J connectivity index is 1.98. The predicted octanol–water partition coefficient (Wildman–Crippen LogP) is 6.67. The zero-order chi connectivity index (χ0) is 16.5. The number of ether oxygens (including phenoxy) is 1. The molecule has 2 rings (SSSR count). The van der Waals surface area contributed by atoms with Gasteiger partial charge in [0.2, 0.25) is 0 Å². The molecule has 0 radical (unpaired) electrons. The molecular formula is C22H34O. The Morgan fingerprint density at radius 1 is 1.13 bits per heavy atom. The summed E-state index contributed by atoms with van der Waals surface area (Å²) in [6.07, 6.45) is 16.3. The summed E-state index contributed by atoms with van der Waals surface area (Å²) in [4.78, 5) is 0. The summed E-state index contributed by atoms with van der Waals surface area (Å²) < 4.78 is 5.57. The fraction of sp³-hybridized carbons (Fsp3) is 0.636. The highest BCUT2D eigenvalue weighted by Gasteiger charge is 2.22. The van der Waals surface area contributed by atoms with Crippen LogP contribution in [0, 0.1) is 5.92 Å². The van der Waals surface area contributed by atoms with Crippen LogP contribution in [0.25, 0.3) is 0 Å². The molecule has 0 aliphatic heterocycles. The van der Waals surface area contributed by atoms with Gasteiger partial charge in [-0.1, -0.05) is 44.1 Å². The molecule has 1 aliphatic rings. The summed E-state index contributed by atoms with van der Waals surface area (Å²) in [5.74, 6) is 2.74. The fourth-order valence-corrected chi connectivity index (χ4v) is 3.87. The second kappa shape index (κ2) is 9.80. The molecule has 0 heterocycles. The first-order chi connectivity index (χ1) is 11.3. The van der Waals surface area contributed by atoms with Crippen molar-refractivity contribution < 1.29 is 4.74 Å². The topological polar surface area (TPSA) is 9.23 Å². The Kier molecular flexibility index (Phi) is 7.71. The van der Waals surface area contributed by atoms with Gasteiger partial charge in [-0.15, -0.1) is 0 Å². The molecule has 1 aromatic carbocycles. The molecule has 128 valence electrons. The van der Waals surface area contributed by atoms with Gasteiger partial charge in [-0.3, -0.25) is 0 Å². The second-order valence-corrected chi connectivity index (χ2v) is 7.05. The maximum Gasteiger partial charge on any atom is 0.122 e. The third-order valence-electron chi connectivity index (χ3n) is 5.38. The molecule has 1 fully saturated rings. The molecule has 23 heavy (non-hydrogen) atoms. The minimum atomic E-state index is 0.757. The van der Waals surface area contributed by atoms with Crippen molar-refractivity contribution in [2.45, 2.75) is 77.6 Å². The molecule has 0 unspecified atom stereocenters. The van der Waals surface area contributed by atoms with Crippen LogP contribution in [-0.2, 0) is 6.42 Å². The van der Waals surface area contributed by atoms with E-state index in [1.165, 1.54) is 56.9 Å². The number of allylic oxidation sites excluding steroid dienone is 2. The van der Waals surface area contributed by atoms with Crippen LogP contribution in [0.1, 0.15) is 82.3 Å². The van der Waals surface area contributed by atoms with Crippen molar-refractivity contribution in [2.75, 3.05) is 7.11 Å². The van der Waals surface area contributed by atoms with Crippen molar-refractivity contribution in [1.29, 1.82) is 0 Å². The van der Waals surface area contributed by atoms with Gasteiger partial charge in [0.25, 0.3) is 0 Å². The van der Waals surface area contributed by atoms with Gasteiger partial charge in [-0.25, -0.2) is 0 Å². The third kappa shape index (κ3) is 5.41. The van der Waals surface area contributed by atoms with Crippen molar-refractivity contribution in [2.24, 2.45) is 5.92 Å². The van der Waals surface area contributed by atoms with Crippen LogP contribution in [0.5, 0.6) is 5.75 Å².